The second kappa shape index (κ2) is 6.14. The Kier molecular flexibility index (Phi) is 4.24. The van der Waals surface area contributed by atoms with Gasteiger partial charge in [0.1, 0.15) is 0 Å². The van der Waals surface area contributed by atoms with E-state index < -0.39 is 0 Å². The fourth-order valence-corrected chi connectivity index (χ4v) is 3.80. The molecule has 0 atom stereocenters. The maximum Gasteiger partial charge on any atom is 0.0511 e. The Balaban J connectivity index is 1.99. The molecule has 21 heavy (non-hydrogen) atoms. The van der Waals surface area contributed by atoms with Crippen molar-refractivity contribution in [3.8, 4) is 0 Å². The van der Waals surface area contributed by atoms with Crippen molar-refractivity contribution in [3.05, 3.63) is 59.2 Å². The van der Waals surface area contributed by atoms with Crippen LogP contribution < -0.4 is 0 Å². The number of benzene rings is 2. The number of rotatable bonds is 4. The van der Waals surface area contributed by atoms with Crippen LogP contribution in [-0.4, -0.2) is 24.0 Å². The summed E-state index contributed by atoms with van der Waals surface area (Å²) in [5.41, 5.74) is 2.41. The molecule has 0 aliphatic carbocycles. The number of H-pyrrole nitrogens is 1. The lowest BCUT2D eigenvalue weighted by atomic mass is 10.2. The standard InChI is InChI=1S/C17H17ClN2S/c1-20(2)11-12-6-3-4-9-15(12)21-16-10-19-14-8-5-7-13(18)17(14)16/h3-10,19H,11H2,1-2H3. The van der Waals surface area contributed by atoms with Gasteiger partial charge in [-0.2, -0.15) is 0 Å². The highest BCUT2D eigenvalue weighted by molar-refractivity contribution is 7.99. The van der Waals surface area contributed by atoms with Gasteiger partial charge >= 0.3 is 0 Å². The van der Waals surface area contributed by atoms with E-state index in [1.807, 2.05) is 18.3 Å². The summed E-state index contributed by atoms with van der Waals surface area (Å²) in [5.74, 6) is 0. The van der Waals surface area contributed by atoms with Crippen LogP contribution in [0.2, 0.25) is 5.02 Å². The number of nitrogens with zero attached hydrogens (tertiary/aromatic N) is 1. The van der Waals surface area contributed by atoms with Crippen molar-refractivity contribution < 1.29 is 0 Å². The van der Waals surface area contributed by atoms with Gasteiger partial charge in [0.2, 0.25) is 0 Å². The number of aromatic amines is 1. The highest BCUT2D eigenvalue weighted by Gasteiger charge is 2.11. The summed E-state index contributed by atoms with van der Waals surface area (Å²) < 4.78 is 0. The third kappa shape index (κ3) is 3.10. The lowest BCUT2D eigenvalue weighted by molar-refractivity contribution is 0.399. The molecule has 0 amide bonds. The van der Waals surface area contributed by atoms with Crippen LogP contribution in [-0.2, 0) is 6.54 Å². The Bertz CT molecular complexity index is 764. The first kappa shape index (κ1) is 14.5. The lowest BCUT2D eigenvalue weighted by Gasteiger charge is -2.13. The third-order valence-electron chi connectivity index (χ3n) is 3.30. The first-order valence-corrected chi connectivity index (χ1v) is 8.00. The second-order valence-electron chi connectivity index (χ2n) is 5.26. The number of nitrogens with one attached hydrogen (secondary N) is 1. The zero-order valence-electron chi connectivity index (χ0n) is 12.1. The molecule has 1 heterocycles. The normalized spacial score (nSPS) is 11.4. The number of aromatic nitrogens is 1. The molecule has 3 rings (SSSR count). The number of fused-ring (bicyclic) bond motifs is 1. The van der Waals surface area contributed by atoms with E-state index >= 15 is 0 Å². The molecule has 1 aromatic heterocycles. The van der Waals surface area contributed by atoms with E-state index in [1.54, 1.807) is 11.8 Å². The Morgan fingerprint density at radius 1 is 1.05 bits per heavy atom. The van der Waals surface area contributed by atoms with Crippen LogP contribution in [0.15, 0.2) is 58.5 Å². The minimum Gasteiger partial charge on any atom is -0.360 e. The Labute approximate surface area is 134 Å². The molecule has 0 unspecified atom stereocenters. The van der Waals surface area contributed by atoms with Gasteiger partial charge < -0.3 is 9.88 Å². The minimum atomic E-state index is 0.793. The number of halogens is 1. The molecule has 1 N–H and O–H groups in total. The summed E-state index contributed by atoms with van der Waals surface area (Å²) in [7, 11) is 4.17. The molecule has 4 heteroatoms. The SMILES string of the molecule is CN(C)Cc1ccccc1Sc1c[nH]c2cccc(Cl)c12. The summed E-state index contributed by atoms with van der Waals surface area (Å²) in [4.78, 5) is 7.91. The fraction of sp³-hybridized carbons (Fsp3) is 0.176. The van der Waals surface area contributed by atoms with Crippen molar-refractivity contribution in [2.75, 3.05) is 14.1 Å². The van der Waals surface area contributed by atoms with Crippen LogP contribution in [0, 0.1) is 0 Å². The van der Waals surface area contributed by atoms with Crippen molar-refractivity contribution in [2.24, 2.45) is 0 Å². The summed E-state index contributed by atoms with van der Waals surface area (Å²) in [6, 6.07) is 14.5. The van der Waals surface area contributed by atoms with Crippen molar-refractivity contribution in [1.82, 2.24) is 9.88 Å². The molecule has 108 valence electrons. The zero-order chi connectivity index (χ0) is 14.8. The molecule has 0 aliphatic heterocycles. The van der Waals surface area contributed by atoms with Gasteiger partial charge in [0, 0.05) is 33.4 Å². The molecule has 2 aromatic carbocycles. The molecule has 0 spiro atoms. The molecule has 0 fully saturated rings. The molecule has 0 saturated heterocycles. The van der Waals surface area contributed by atoms with Crippen LogP contribution in [0.25, 0.3) is 10.9 Å². The largest absolute Gasteiger partial charge is 0.360 e. The monoisotopic (exact) mass is 316 g/mol. The summed E-state index contributed by atoms with van der Waals surface area (Å²) in [5, 5.41) is 1.89. The minimum absolute atomic E-state index is 0.793. The van der Waals surface area contributed by atoms with Crippen LogP contribution in [0.3, 0.4) is 0 Å². The Morgan fingerprint density at radius 2 is 1.86 bits per heavy atom. The van der Waals surface area contributed by atoms with E-state index in [0.717, 1.165) is 22.5 Å². The second-order valence-corrected chi connectivity index (χ2v) is 6.75. The smallest absolute Gasteiger partial charge is 0.0511 e. The lowest BCUT2D eigenvalue weighted by Crippen LogP contribution is -2.11. The molecule has 0 bridgehead atoms. The van der Waals surface area contributed by atoms with Gasteiger partial charge in [-0.3, -0.25) is 0 Å². The molecule has 2 nitrogen and oxygen atoms in total. The highest BCUT2D eigenvalue weighted by Crippen LogP contribution is 2.38. The van der Waals surface area contributed by atoms with Gasteiger partial charge in [-0.15, -0.1) is 0 Å². The van der Waals surface area contributed by atoms with Crippen molar-refractivity contribution in [2.45, 2.75) is 16.3 Å². The highest BCUT2D eigenvalue weighted by atomic mass is 35.5. The molecule has 0 radical (unpaired) electrons. The quantitative estimate of drug-likeness (QED) is 0.727. The molecule has 0 saturated carbocycles. The first-order valence-electron chi connectivity index (χ1n) is 6.81. The first-order chi connectivity index (χ1) is 10.1. The van der Waals surface area contributed by atoms with Gasteiger partial charge in [-0.25, -0.2) is 0 Å². The van der Waals surface area contributed by atoms with Gasteiger partial charge in [0.25, 0.3) is 0 Å². The van der Waals surface area contributed by atoms with E-state index in [4.69, 9.17) is 11.6 Å². The summed E-state index contributed by atoms with van der Waals surface area (Å²) in [6.45, 7) is 0.930. The van der Waals surface area contributed by atoms with E-state index in [1.165, 1.54) is 15.4 Å². The van der Waals surface area contributed by atoms with E-state index in [2.05, 4.69) is 54.3 Å². The van der Waals surface area contributed by atoms with E-state index in [0.29, 0.717) is 0 Å². The Hall–Kier alpha value is -1.42. The number of hydrogen-bond donors (Lipinski definition) is 1. The van der Waals surface area contributed by atoms with Crippen LogP contribution >= 0.6 is 23.4 Å². The van der Waals surface area contributed by atoms with E-state index in [9.17, 15) is 0 Å². The van der Waals surface area contributed by atoms with Gasteiger partial charge in [0.15, 0.2) is 0 Å². The average Bonchev–Trinajstić information content (AvgIpc) is 2.85. The summed E-state index contributed by atoms with van der Waals surface area (Å²) in [6.07, 6.45) is 2.04. The van der Waals surface area contributed by atoms with Gasteiger partial charge in [-0.05, 0) is 37.9 Å². The molecule has 0 aliphatic rings. The third-order valence-corrected chi connectivity index (χ3v) is 4.77. The predicted octanol–water partition coefficient (Wildman–Crippen LogP) is 5.03. The van der Waals surface area contributed by atoms with Crippen molar-refractivity contribution in [1.29, 1.82) is 0 Å². The average molecular weight is 317 g/mol. The van der Waals surface area contributed by atoms with Crippen LogP contribution in [0.4, 0.5) is 0 Å². The number of hydrogen-bond acceptors (Lipinski definition) is 2. The zero-order valence-corrected chi connectivity index (χ0v) is 13.6. The Morgan fingerprint density at radius 3 is 2.67 bits per heavy atom. The predicted molar refractivity (Wildman–Crippen MR) is 91.3 cm³/mol. The maximum atomic E-state index is 6.35. The van der Waals surface area contributed by atoms with Gasteiger partial charge in [-0.1, -0.05) is 47.6 Å². The molecular weight excluding hydrogens is 300 g/mol. The molecular formula is C17H17ClN2S. The topological polar surface area (TPSA) is 19.0 Å². The maximum absolute atomic E-state index is 6.35. The van der Waals surface area contributed by atoms with Crippen LogP contribution in [0.5, 0.6) is 0 Å². The van der Waals surface area contributed by atoms with Crippen molar-refractivity contribution in [3.63, 3.8) is 0 Å². The van der Waals surface area contributed by atoms with Gasteiger partial charge in [0.05, 0.1) is 5.02 Å². The fourth-order valence-electron chi connectivity index (χ4n) is 2.38. The summed E-state index contributed by atoms with van der Waals surface area (Å²) >= 11 is 8.12. The molecule has 3 aromatic rings. The van der Waals surface area contributed by atoms with E-state index in [-0.39, 0.29) is 0 Å². The van der Waals surface area contributed by atoms with Crippen LogP contribution in [0.1, 0.15) is 5.56 Å². The van der Waals surface area contributed by atoms with Crippen molar-refractivity contribution >= 4 is 34.3 Å².